The van der Waals surface area contributed by atoms with Crippen LogP contribution in [0.3, 0.4) is 0 Å². The number of amides is 1. The van der Waals surface area contributed by atoms with E-state index in [1.54, 1.807) is 6.08 Å². The number of esters is 1. The van der Waals surface area contributed by atoms with Crippen LogP contribution in [0.25, 0.3) is 0 Å². The third-order valence-electron chi connectivity index (χ3n) is 5.34. The van der Waals surface area contributed by atoms with E-state index in [2.05, 4.69) is 11.9 Å². The second-order valence-electron chi connectivity index (χ2n) is 9.30. The normalized spacial score (nSPS) is 18.8. The summed E-state index contributed by atoms with van der Waals surface area (Å²) in [5.41, 5.74) is 1.47. The molecule has 0 aliphatic carbocycles. The van der Waals surface area contributed by atoms with Crippen LogP contribution in [0.5, 0.6) is 5.75 Å². The quantitative estimate of drug-likeness (QED) is 0.435. The van der Waals surface area contributed by atoms with Crippen molar-refractivity contribution >= 4 is 12.1 Å². The molecular formula is C27H33NO5. The van der Waals surface area contributed by atoms with Crippen LogP contribution in [-0.2, 0) is 27.1 Å². The van der Waals surface area contributed by atoms with Crippen molar-refractivity contribution in [2.24, 2.45) is 5.92 Å². The lowest BCUT2D eigenvalue weighted by Crippen LogP contribution is -2.46. The summed E-state index contributed by atoms with van der Waals surface area (Å²) in [6, 6.07) is 17.1. The molecule has 3 atom stereocenters. The predicted octanol–water partition coefficient (Wildman–Crippen LogP) is 4.86. The Morgan fingerprint density at radius 1 is 1.15 bits per heavy atom. The molecule has 0 aromatic heterocycles. The Bertz CT molecular complexity index is 933. The Morgan fingerprint density at radius 2 is 1.85 bits per heavy atom. The molecule has 0 unspecified atom stereocenters. The molecule has 0 saturated carbocycles. The third kappa shape index (κ3) is 7.67. The zero-order chi connectivity index (χ0) is 23.8. The first kappa shape index (κ1) is 24.4. The summed E-state index contributed by atoms with van der Waals surface area (Å²) in [4.78, 5) is 25.2. The van der Waals surface area contributed by atoms with Gasteiger partial charge in [0.2, 0.25) is 0 Å². The standard InChI is InChI=1S/C27H33NO5/c1-5-15-31-22-13-11-20(12-14-22)16-21-18-24(32-25(21)29)23(17-19-9-7-6-8-10-19)28-26(30)33-27(2,3)4/h5-14,21,23-24H,1,15-18H2,2-4H3,(H,28,30)/t21-,23+,24+/m1/s1. The molecule has 2 aromatic rings. The number of nitrogens with one attached hydrogen (secondary N) is 1. The summed E-state index contributed by atoms with van der Waals surface area (Å²) in [6.45, 7) is 9.54. The zero-order valence-electron chi connectivity index (χ0n) is 19.6. The van der Waals surface area contributed by atoms with E-state index in [1.165, 1.54) is 0 Å². The van der Waals surface area contributed by atoms with Crippen LogP contribution >= 0.6 is 0 Å². The van der Waals surface area contributed by atoms with Gasteiger partial charge in [0.1, 0.15) is 24.1 Å². The highest BCUT2D eigenvalue weighted by molar-refractivity contribution is 5.75. The highest BCUT2D eigenvalue weighted by Crippen LogP contribution is 2.29. The van der Waals surface area contributed by atoms with E-state index in [-0.39, 0.29) is 17.9 Å². The van der Waals surface area contributed by atoms with Gasteiger partial charge in [-0.15, -0.1) is 0 Å². The number of cyclic esters (lactones) is 1. The zero-order valence-corrected chi connectivity index (χ0v) is 19.6. The summed E-state index contributed by atoms with van der Waals surface area (Å²) >= 11 is 0. The van der Waals surface area contributed by atoms with Crippen molar-refractivity contribution in [1.29, 1.82) is 0 Å². The average Bonchev–Trinajstić information content (AvgIpc) is 3.12. The maximum absolute atomic E-state index is 12.7. The minimum absolute atomic E-state index is 0.240. The van der Waals surface area contributed by atoms with Crippen LogP contribution in [0.2, 0.25) is 0 Å². The molecule has 2 aromatic carbocycles. The topological polar surface area (TPSA) is 73.9 Å². The van der Waals surface area contributed by atoms with Crippen molar-refractivity contribution in [2.45, 2.75) is 57.8 Å². The van der Waals surface area contributed by atoms with Crippen LogP contribution in [0, 0.1) is 5.92 Å². The van der Waals surface area contributed by atoms with E-state index in [9.17, 15) is 9.59 Å². The molecule has 0 spiro atoms. The van der Waals surface area contributed by atoms with Gasteiger partial charge >= 0.3 is 12.1 Å². The maximum atomic E-state index is 12.7. The van der Waals surface area contributed by atoms with E-state index < -0.39 is 17.8 Å². The fourth-order valence-electron chi connectivity index (χ4n) is 3.85. The molecular weight excluding hydrogens is 418 g/mol. The van der Waals surface area contributed by atoms with Gasteiger partial charge in [-0.1, -0.05) is 55.1 Å². The van der Waals surface area contributed by atoms with Crippen molar-refractivity contribution < 1.29 is 23.8 Å². The van der Waals surface area contributed by atoms with Crippen molar-refractivity contribution in [3.8, 4) is 5.75 Å². The molecule has 1 heterocycles. The van der Waals surface area contributed by atoms with Crippen LogP contribution in [0.15, 0.2) is 67.3 Å². The summed E-state index contributed by atoms with van der Waals surface area (Å²) in [5.74, 6) is 0.250. The van der Waals surface area contributed by atoms with Gasteiger partial charge < -0.3 is 19.5 Å². The Balaban J connectivity index is 1.67. The number of hydrogen-bond acceptors (Lipinski definition) is 5. The van der Waals surface area contributed by atoms with Gasteiger partial charge in [-0.05, 0) is 56.9 Å². The molecule has 0 radical (unpaired) electrons. The Labute approximate surface area is 195 Å². The molecule has 6 heteroatoms. The number of alkyl carbamates (subject to hydrolysis) is 1. The highest BCUT2D eigenvalue weighted by atomic mass is 16.6. The van der Waals surface area contributed by atoms with Crippen molar-refractivity contribution in [3.05, 3.63) is 78.4 Å². The van der Waals surface area contributed by atoms with Gasteiger partial charge in [-0.2, -0.15) is 0 Å². The van der Waals surface area contributed by atoms with E-state index >= 15 is 0 Å². The number of carbonyl (C=O) groups is 2. The second-order valence-corrected chi connectivity index (χ2v) is 9.30. The van der Waals surface area contributed by atoms with E-state index in [4.69, 9.17) is 14.2 Å². The Morgan fingerprint density at radius 3 is 2.48 bits per heavy atom. The van der Waals surface area contributed by atoms with Gasteiger partial charge in [0.25, 0.3) is 0 Å². The smallest absolute Gasteiger partial charge is 0.408 e. The molecule has 1 N–H and O–H groups in total. The van der Waals surface area contributed by atoms with Crippen molar-refractivity contribution in [3.63, 3.8) is 0 Å². The van der Waals surface area contributed by atoms with Crippen molar-refractivity contribution in [2.75, 3.05) is 6.61 Å². The molecule has 1 amide bonds. The first-order chi connectivity index (χ1) is 15.7. The lowest BCUT2D eigenvalue weighted by Gasteiger charge is -2.26. The molecule has 1 fully saturated rings. The number of carbonyl (C=O) groups excluding carboxylic acids is 2. The summed E-state index contributed by atoms with van der Waals surface area (Å²) in [5, 5.41) is 2.93. The maximum Gasteiger partial charge on any atom is 0.408 e. The van der Waals surface area contributed by atoms with Crippen LogP contribution in [0.4, 0.5) is 4.79 Å². The van der Waals surface area contributed by atoms with Crippen molar-refractivity contribution in [1.82, 2.24) is 5.32 Å². The van der Waals surface area contributed by atoms with E-state index in [0.717, 1.165) is 16.9 Å². The first-order valence-electron chi connectivity index (χ1n) is 11.3. The molecule has 176 valence electrons. The Kier molecular flexibility index (Phi) is 8.15. The molecule has 1 aliphatic rings. The average molecular weight is 452 g/mol. The minimum Gasteiger partial charge on any atom is -0.490 e. The molecule has 0 bridgehead atoms. The number of hydrogen-bond donors (Lipinski definition) is 1. The summed E-state index contributed by atoms with van der Waals surface area (Å²) < 4.78 is 16.7. The fourth-order valence-corrected chi connectivity index (χ4v) is 3.85. The van der Waals surface area contributed by atoms with Gasteiger partial charge in [-0.3, -0.25) is 4.79 Å². The predicted molar refractivity (Wildman–Crippen MR) is 127 cm³/mol. The molecule has 33 heavy (non-hydrogen) atoms. The largest absolute Gasteiger partial charge is 0.490 e. The molecule has 6 nitrogen and oxygen atoms in total. The summed E-state index contributed by atoms with van der Waals surface area (Å²) in [7, 11) is 0. The van der Waals surface area contributed by atoms with Crippen LogP contribution in [-0.4, -0.2) is 36.4 Å². The van der Waals surface area contributed by atoms with Gasteiger partial charge in [-0.25, -0.2) is 4.79 Å². The SMILES string of the molecule is C=CCOc1ccc(C[C@@H]2C[C@@H]([C@H](Cc3ccccc3)NC(=O)OC(C)(C)C)OC2=O)cc1. The van der Waals surface area contributed by atoms with Gasteiger partial charge in [0.15, 0.2) is 0 Å². The highest BCUT2D eigenvalue weighted by Gasteiger charge is 2.40. The molecule has 1 saturated heterocycles. The fraction of sp³-hybridized carbons (Fsp3) is 0.407. The lowest BCUT2D eigenvalue weighted by molar-refractivity contribution is -0.145. The lowest BCUT2D eigenvalue weighted by atomic mass is 9.92. The third-order valence-corrected chi connectivity index (χ3v) is 5.34. The van der Waals surface area contributed by atoms with Crippen LogP contribution in [0.1, 0.15) is 38.3 Å². The number of benzene rings is 2. The Hall–Kier alpha value is -3.28. The minimum atomic E-state index is -0.613. The monoisotopic (exact) mass is 451 g/mol. The number of rotatable bonds is 9. The summed E-state index contributed by atoms with van der Waals surface area (Å²) in [6.07, 6.45) is 2.39. The van der Waals surface area contributed by atoms with Gasteiger partial charge in [0.05, 0.1) is 12.0 Å². The van der Waals surface area contributed by atoms with E-state index in [0.29, 0.717) is 25.9 Å². The first-order valence-corrected chi connectivity index (χ1v) is 11.3. The number of ether oxygens (including phenoxy) is 3. The van der Waals surface area contributed by atoms with Gasteiger partial charge in [0, 0.05) is 6.42 Å². The van der Waals surface area contributed by atoms with Crippen LogP contribution < -0.4 is 10.1 Å². The molecule has 3 rings (SSSR count). The molecule has 1 aliphatic heterocycles. The van der Waals surface area contributed by atoms with E-state index in [1.807, 2.05) is 75.4 Å². The second kappa shape index (κ2) is 11.0.